The summed E-state index contributed by atoms with van der Waals surface area (Å²) in [6.07, 6.45) is 0. The molecule has 3 nitrogen and oxygen atoms in total. The Morgan fingerprint density at radius 2 is 1.86 bits per heavy atom. The van der Waals surface area contributed by atoms with E-state index in [-0.39, 0.29) is 5.56 Å². The molecular formula is C16H16N2OS2. The van der Waals surface area contributed by atoms with Gasteiger partial charge in [0, 0.05) is 4.88 Å². The number of hydrogen-bond donors (Lipinski definition) is 1. The molecule has 3 rings (SSSR count). The number of thiophene rings is 1. The summed E-state index contributed by atoms with van der Waals surface area (Å²) in [4.78, 5) is 18.1. The molecule has 0 saturated carbocycles. The highest BCUT2D eigenvalue weighted by Gasteiger charge is 2.14. The third kappa shape index (κ3) is 2.17. The van der Waals surface area contributed by atoms with Gasteiger partial charge in [-0.25, -0.2) is 0 Å². The number of aromatic amines is 1. The molecule has 0 saturated heterocycles. The Hall–Kier alpha value is -1.72. The molecule has 1 N–H and O–H groups in total. The van der Waals surface area contributed by atoms with Crippen LogP contribution in [-0.2, 0) is 0 Å². The summed E-state index contributed by atoms with van der Waals surface area (Å²) in [5, 5.41) is 0.740. The Labute approximate surface area is 131 Å². The summed E-state index contributed by atoms with van der Waals surface area (Å²) < 4.78 is 2.03. The van der Waals surface area contributed by atoms with Crippen LogP contribution in [0.4, 0.5) is 0 Å². The molecule has 0 bridgehead atoms. The predicted molar refractivity (Wildman–Crippen MR) is 91.6 cm³/mol. The third-order valence-electron chi connectivity index (χ3n) is 3.97. The molecule has 2 aromatic heterocycles. The second kappa shape index (κ2) is 4.93. The van der Waals surface area contributed by atoms with Gasteiger partial charge in [0.15, 0.2) is 4.77 Å². The highest BCUT2D eigenvalue weighted by molar-refractivity contribution is 7.71. The van der Waals surface area contributed by atoms with E-state index in [9.17, 15) is 4.79 Å². The maximum atomic E-state index is 12.9. The van der Waals surface area contributed by atoms with Crippen molar-refractivity contribution < 1.29 is 0 Å². The van der Waals surface area contributed by atoms with Crippen LogP contribution in [0.1, 0.15) is 21.6 Å². The van der Waals surface area contributed by atoms with Crippen LogP contribution in [0.3, 0.4) is 0 Å². The van der Waals surface area contributed by atoms with Crippen LogP contribution in [0.2, 0.25) is 0 Å². The quantitative estimate of drug-likeness (QED) is 0.678. The second-order valence-electron chi connectivity index (χ2n) is 5.33. The Morgan fingerprint density at radius 3 is 2.52 bits per heavy atom. The highest BCUT2D eigenvalue weighted by atomic mass is 32.1. The summed E-state index contributed by atoms with van der Waals surface area (Å²) >= 11 is 6.97. The van der Waals surface area contributed by atoms with E-state index in [1.807, 2.05) is 39.0 Å². The number of H-pyrrole nitrogens is 1. The zero-order chi connectivity index (χ0) is 15.3. The van der Waals surface area contributed by atoms with E-state index >= 15 is 0 Å². The van der Waals surface area contributed by atoms with Crippen molar-refractivity contribution in [2.75, 3.05) is 0 Å². The van der Waals surface area contributed by atoms with Crippen molar-refractivity contribution in [3.05, 3.63) is 54.9 Å². The van der Waals surface area contributed by atoms with Gasteiger partial charge in [0.25, 0.3) is 5.56 Å². The Bertz CT molecular complexity index is 976. The van der Waals surface area contributed by atoms with Crippen molar-refractivity contribution in [1.82, 2.24) is 9.55 Å². The number of nitrogens with zero attached hydrogens (tertiary/aromatic N) is 1. The first-order valence-electron chi connectivity index (χ1n) is 6.73. The molecule has 0 unspecified atom stereocenters. The molecule has 0 radical (unpaired) electrons. The Kier molecular flexibility index (Phi) is 3.34. The normalized spacial score (nSPS) is 11.2. The minimum atomic E-state index is -0.0427. The molecule has 0 spiro atoms. The highest BCUT2D eigenvalue weighted by Crippen LogP contribution is 2.26. The van der Waals surface area contributed by atoms with Gasteiger partial charge in [-0.2, -0.15) is 0 Å². The van der Waals surface area contributed by atoms with Gasteiger partial charge in [-0.3, -0.25) is 9.36 Å². The Morgan fingerprint density at radius 1 is 1.14 bits per heavy atom. The summed E-state index contributed by atoms with van der Waals surface area (Å²) in [5.41, 5.74) is 4.15. The molecule has 1 aromatic carbocycles. The van der Waals surface area contributed by atoms with Crippen molar-refractivity contribution in [3.63, 3.8) is 0 Å². The number of aryl methyl sites for hydroxylation is 4. The van der Waals surface area contributed by atoms with E-state index in [0.29, 0.717) is 4.77 Å². The first-order valence-corrected chi connectivity index (χ1v) is 7.95. The lowest BCUT2D eigenvalue weighted by Gasteiger charge is -2.09. The fraction of sp³-hybridized carbons (Fsp3) is 0.250. The zero-order valence-electron chi connectivity index (χ0n) is 12.4. The first kappa shape index (κ1) is 14.2. The molecule has 5 heteroatoms. The number of benzene rings is 1. The van der Waals surface area contributed by atoms with E-state index in [4.69, 9.17) is 12.2 Å². The summed E-state index contributed by atoms with van der Waals surface area (Å²) in [6, 6.07) is 5.95. The van der Waals surface area contributed by atoms with Gasteiger partial charge in [-0.05, 0) is 68.7 Å². The van der Waals surface area contributed by atoms with Crippen LogP contribution < -0.4 is 5.56 Å². The third-order valence-corrected chi connectivity index (χ3v) is 5.38. The van der Waals surface area contributed by atoms with Crippen molar-refractivity contribution in [3.8, 4) is 5.69 Å². The SMILES string of the molecule is Cc1ccc(-n2c(=S)[nH]c3sc(C)c(C)c3c2=O)cc1C. The topological polar surface area (TPSA) is 37.8 Å². The monoisotopic (exact) mass is 316 g/mol. The van der Waals surface area contributed by atoms with Crippen molar-refractivity contribution in [2.45, 2.75) is 27.7 Å². The van der Waals surface area contributed by atoms with Crippen LogP contribution in [0.25, 0.3) is 15.9 Å². The van der Waals surface area contributed by atoms with E-state index in [2.05, 4.69) is 11.9 Å². The molecule has 0 fully saturated rings. The predicted octanol–water partition coefficient (Wildman–Crippen LogP) is 4.34. The fourth-order valence-electron chi connectivity index (χ4n) is 2.43. The molecule has 21 heavy (non-hydrogen) atoms. The van der Waals surface area contributed by atoms with Crippen LogP contribution in [-0.4, -0.2) is 9.55 Å². The number of rotatable bonds is 1. The lowest BCUT2D eigenvalue weighted by molar-refractivity contribution is 0.939. The van der Waals surface area contributed by atoms with Gasteiger partial charge in [0.2, 0.25) is 0 Å². The molecule has 0 amide bonds. The van der Waals surface area contributed by atoms with Gasteiger partial charge < -0.3 is 4.98 Å². The minimum Gasteiger partial charge on any atom is -0.323 e. The molecular weight excluding hydrogens is 300 g/mol. The van der Waals surface area contributed by atoms with Crippen LogP contribution in [0.5, 0.6) is 0 Å². The second-order valence-corrected chi connectivity index (χ2v) is 6.94. The number of nitrogens with one attached hydrogen (secondary N) is 1. The van der Waals surface area contributed by atoms with Crippen LogP contribution >= 0.6 is 23.6 Å². The first-order chi connectivity index (χ1) is 9.90. The molecule has 108 valence electrons. The summed E-state index contributed by atoms with van der Waals surface area (Å²) in [7, 11) is 0. The molecule has 2 heterocycles. The molecule has 3 aromatic rings. The van der Waals surface area contributed by atoms with E-state index in [1.165, 1.54) is 5.56 Å². The molecule has 0 atom stereocenters. The van der Waals surface area contributed by atoms with Crippen LogP contribution in [0, 0.1) is 32.5 Å². The summed E-state index contributed by atoms with van der Waals surface area (Å²) in [6.45, 7) is 8.10. The van der Waals surface area contributed by atoms with Crippen LogP contribution in [0.15, 0.2) is 23.0 Å². The lowest BCUT2D eigenvalue weighted by Crippen LogP contribution is -2.20. The molecule has 0 aliphatic heterocycles. The maximum absolute atomic E-state index is 12.9. The van der Waals surface area contributed by atoms with Gasteiger partial charge in [0.1, 0.15) is 4.83 Å². The van der Waals surface area contributed by atoms with E-state index in [0.717, 1.165) is 31.9 Å². The zero-order valence-corrected chi connectivity index (χ0v) is 14.0. The Balaban J connectivity index is 2.42. The minimum absolute atomic E-state index is 0.0427. The van der Waals surface area contributed by atoms with E-state index in [1.54, 1.807) is 15.9 Å². The summed E-state index contributed by atoms with van der Waals surface area (Å²) in [5.74, 6) is 0. The molecule has 0 aliphatic carbocycles. The van der Waals surface area contributed by atoms with Gasteiger partial charge in [0.05, 0.1) is 11.1 Å². The van der Waals surface area contributed by atoms with Crippen molar-refractivity contribution in [1.29, 1.82) is 0 Å². The number of aromatic nitrogens is 2. The fourth-order valence-corrected chi connectivity index (χ4v) is 3.84. The number of hydrogen-bond acceptors (Lipinski definition) is 3. The smallest absolute Gasteiger partial charge is 0.267 e. The number of fused-ring (bicyclic) bond motifs is 1. The van der Waals surface area contributed by atoms with Crippen molar-refractivity contribution >= 4 is 33.8 Å². The average Bonchev–Trinajstić information content (AvgIpc) is 2.69. The largest absolute Gasteiger partial charge is 0.323 e. The van der Waals surface area contributed by atoms with Gasteiger partial charge in [-0.1, -0.05) is 6.07 Å². The standard InChI is InChI=1S/C16H16N2OS2/c1-8-5-6-12(7-9(8)2)18-15(19)13-10(3)11(4)21-14(13)17-16(18)20/h5-7H,1-4H3,(H,17,20). The lowest BCUT2D eigenvalue weighted by atomic mass is 10.1. The van der Waals surface area contributed by atoms with Gasteiger partial charge >= 0.3 is 0 Å². The maximum Gasteiger partial charge on any atom is 0.267 e. The molecule has 0 aliphatic rings. The van der Waals surface area contributed by atoms with E-state index < -0.39 is 0 Å². The average molecular weight is 316 g/mol. The van der Waals surface area contributed by atoms with Crippen molar-refractivity contribution in [2.24, 2.45) is 0 Å². The van der Waals surface area contributed by atoms with Gasteiger partial charge in [-0.15, -0.1) is 11.3 Å².